The summed E-state index contributed by atoms with van der Waals surface area (Å²) in [6.07, 6.45) is 2.95. The van der Waals surface area contributed by atoms with Gasteiger partial charge in [0.15, 0.2) is 15.2 Å². The summed E-state index contributed by atoms with van der Waals surface area (Å²) in [6.45, 7) is 3.71. The number of rotatable bonds is 9. The van der Waals surface area contributed by atoms with Crippen LogP contribution in [-0.4, -0.2) is 47.6 Å². The third-order valence-electron chi connectivity index (χ3n) is 3.59. The number of anilines is 4. The number of aryl methyl sites for hydroxylation is 1. The molecule has 0 radical (unpaired) electrons. The minimum Gasteiger partial charge on any atom is -0.367 e. The topological polar surface area (TPSA) is 151 Å². The smallest absolute Gasteiger partial charge is 0.251 e. The Kier molecular flexibility index (Phi) is 6.87. The molecule has 0 aromatic carbocycles. The summed E-state index contributed by atoms with van der Waals surface area (Å²) in [5.41, 5.74) is 1.06. The molecule has 0 bridgehead atoms. The van der Waals surface area contributed by atoms with Crippen LogP contribution >= 0.6 is 11.3 Å². The first-order valence-electron chi connectivity index (χ1n) is 8.82. The second-order valence-electron chi connectivity index (χ2n) is 6.14. The van der Waals surface area contributed by atoms with Crippen molar-refractivity contribution in [1.82, 2.24) is 24.9 Å². The fourth-order valence-electron chi connectivity index (χ4n) is 2.21. The highest BCUT2D eigenvalue weighted by Crippen LogP contribution is 2.22. The average Bonchev–Trinajstić information content (AvgIpc) is 3.17. The van der Waals surface area contributed by atoms with Gasteiger partial charge in [-0.25, -0.2) is 23.1 Å². The molecule has 13 heteroatoms. The third kappa shape index (κ3) is 6.17. The van der Waals surface area contributed by atoms with E-state index in [9.17, 15) is 13.2 Å². The van der Waals surface area contributed by atoms with Crippen molar-refractivity contribution in [3.8, 4) is 0 Å². The minimum atomic E-state index is -3.71. The number of hydrogen-bond donors (Lipinski definition) is 4. The molecule has 0 saturated heterocycles. The van der Waals surface area contributed by atoms with Crippen molar-refractivity contribution in [3.63, 3.8) is 0 Å². The maximum Gasteiger partial charge on any atom is 0.251 e. The molecule has 3 aromatic rings. The number of pyridine rings is 1. The molecule has 0 aliphatic heterocycles. The van der Waals surface area contributed by atoms with Crippen LogP contribution in [0.4, 0.5) is 22.6 Å². The van der Waals surface area contributed by atoms with E-state index in [1.807, 2.05) is 19.1 Å². The first-order chi connectivity index (χ1) is 14.3. The second-order valence-corrected chi connectivity index (χ2v) is 9.16. The Morgan fingerprint density at radius 2 is 1.73 bits per heavy atom. The van der Waals surface area contributed by atoms with Crippen LogP contribution in [-0.2, 0) is 14.8 Å². The average molecular weight is 449 g/mol. The summed E-state index contributed by atoms with van der Waals surface area (Å²) in [5.74, 6) is 1.39. The number of amides is 1. The zero-order valence-electron chi connectivity index (χ0n) is 16.2. The van der Waals surface area contributed by atoms with E-state index >= 15 is 0 Å². The zero-order valence-corrected chi connectivity index (χ0v) is 17.8. The molecular weight excluding hydrogens is 428 g/mol. The van der Waals surface area contributed by atoms with Crippen molar-refractivity contribution in [2.45, 2.75) is 18.1 Å². The van der Waals surface area contributed by atoms with Gasteiger partial charge >= 0.3 is 0 Å². The number of nitrogens with one attached hydrogen (secondary N) is 4. The minimum absolute atomic E-state index is 0.0196. The lowest BCUT2D eigenvalue weighted by atomic mass is 10.3. The standard InChI is InChI=1S/C17H20N8O3S2/c1-11-3-4-13(19-9-11)23-15-6-5-14(24-25-15)18-7-8-21-30(27,28)16-10-20-17(29-16)22-12(2)26/h3-6,9-10,21H,7-8H2,1-2H3,(H,18,24)(H,19,23,25)(H,20,22,26). The van der Waals surface area contributed by atoms with E-state index in [2.05, 4.69) is 40.8 Å². The van der Waals surface area contributed by atoms with Crippen LogP contribution in [0.3, 0.4) is 0 Å². The Hall–Kier alpha value is -3.16. The summed E-state index contributed by atoms with van der Waals surface area (Å²) in [6, 6.07) is 7.24. The predicted octanol–water partition coefficient (Wildman–Crippen LogP) is 1.73. The van der Waals surface area contributed by atoms with Gasteiger partial charge in [0.25, 0.3) is 10.0 Å². The highest BCUT2D eigenvalue weighted by Gasteiger charge is 2.17. The van der Waals surface area contributed by atoms with Crippen molar-refractivity contribution in [2.75, 3.05) is 29.0 Å². The Labute approximate surface area is 177 Å². The molecule has 0 saturated carbocycles. The Bertz CT molecular complexity index is 1100. The Morgan fingerprint density at radius 3 is 2.40 bits per heavy atom. The second kappa shape index (κ2) is 9.56. The van der Waals surface area contributed by atoms with Crippen molar-refractivity contribution < 1.29 is 13.2 Å². The number of aromatic nitrogens is 4. The summed E-state index contributed by atoms with van der Waals surface area (Å²) in [4.78, 5) is 19.1. The molecule has 0 aliphatic carbocycles. The molecule has 11 nitrogen and oxygen atoms in total. The largest absolute Gasteiger partial charge is 0.367 e. The highest BCUT2D eigenvalue weighted by molar-refractivity contribution is 7.91. The molecule has 0 spiro atoms. The molecule has 3 rings (SSSR count). The molecule has 158 valence electrons. The fraction of sp³-hybridized carbons (Fsp3) is 0.235. The van der Waals surface area contributed by atoms with Crippen LogP contribution in [0, 0.1) is 6.92 Å². The van der Waals surface area contributed by atoms with Crippen LogP contribution < -0.4 is 20.7 Å². The lowest BCUT2D eigenvalue weighted by Crippen LogP contribution is -2.28. The van der Waals surface area contributed by atoms with Gasteiger partial charge in [0, 0.05) is 26.2 Å². The van der Waals surface area contributed by atoms with Crippen LogP contribution in [0.5, 0.6) is 0 Å². The molecule has 0 fully saturated rings. The molecular formula is C17H20N8O3S2. The van der Waals surface area contributed by atoms with Crippen molar-refractivity contribution in [2.24, 2.45) is 0 Å². The monoisotopic (exact) mass is 448 g/mol. The van der Waals surface area contributed by atoms with Crippen molar-refractivity contribution in [3.05, 3.63) is 42.2 Å². The van der Waals surface area contributed by atoms with Crippen LogP contribution in [0.2, 0.25) is 0 Å². The first kappa shape index (κ1) is 21.5. The Morgan fingerprint density at radius 1 is 1.00 bits per heavy atom. The van der Waals surface area contributed by atoms with Gasteiger partial charge < -0.3 is 16.0 Å². The number of carbonyl (C=O) groups excluding carboxylic acids is 1. The lowest BCUT2D eigenvalue weighted by molar-refractivity contribution is -0.114. The van der Waals surface area contributed by atoms with E-state index in [1.54, 1.807) is 18.3 Å². The van der Waals surface area contributed by atoms with Crippen molar-refractivity contribution in [1.29, 1.82) is 0 Å². The van der Waals surface area contributed by atoms with E-state index in [-0.39, 0.29) is 21.8 Å². The first-order valence-corrected chi connectivity index (χ1v) is 11.1. The van der Waals surface area contributed by atoms with Gasteiger partial charge in [0.2, 0.25) is 5.91 Å². The molecule has 0 atom stereocenters. The summed E-state index contributed by atoms with van der Waals surface area (Å²) in [7, 11) is -3.71. The lowest BCUT2D eigenvalue weighted by Gasteiger charge is -2.08. The van der Waals surface area contributed by atoms with Gasteiger partial charge in [-0.3, -0.25) is 4.79 Å². The van der Waals surface area contributed by atoms with Crippen LogP contribution in [0.1, 0.15) is 12.5 Å². The quantitative estimate of drug-likeness (QED) is 0.359. The maximum absolute atomic E-state index is 12.3. The van der Waals surface area contributed by atoms with Crippen LogP contribution in [0.15, 0.2) is 40.9 Å². The summed E-state index contributed by atoms with van der Waals surface area (Å²) < 4.78 is 27.0. The van der Waals surface area contributed by atoms with Crippen LogP contribution in [0.25, 0.3) is 0 Å². The molecule has 0 aliphatic rings. The Balaban J connectivity index is 1.46. The van der Waals surface area contributed by atoms with E-state index in [0.29, 0.717) is 24.0 Å². The number of hydrogen-bond acceptors (Lipinski definition) is 10. The van der Waals surface area contributed by atoms with E-state index in [0.717, 1.165) is 16.9 Å². The third-order valence-corrected chi connectivity index (χ3v) is 6.42. The molecule has 4 N–H and O–H groups in total. The molecule has 3 aromatic heterocycles. The molecule has 0 unspecified atom stereocenters. The molecule has 30 heavy (non-hydrogen) atoms. The number of sulfonamides is 1. The SMILES string of the molecule is CC(=O)Nc1ncc(S(=O)(=O)NCCNc2ccc(Nc3ccc(C)cn3)nn2)s1. The van der Waals surface area contributed by atoms with Gasteiger partial charge in [-0.1, -0.05) is 17.4 Å². The highest BCUT2D eigenvalue weighted by atomic mass is 32.2. The van der Waals surface area contributed by atoms with E-state index in [1.165, 1.54) is 13.1 Å². The number of nitrogens with zero attached hydrogens (tertiary/aromatic N) is 4. The van der Waals surface area contributed by atoms with Crippen molar-refractivity contribution >= 4 is 49.9 Å². The molecule has 3 heterocycles. The van der Waals surface area contributed by atoms with Gasteiger partial charge in [-0.15, -0.1) is 10.2 Å². The van der Waals surface area contributed by atoms with Gasteiger partial charge in [-0.2, -0.15) is 0 Å². The number of carbonyl (C=O) groups is 1. The number of thiazole rings is 1. The summed E-state index contributed by atoms with van der Waals surface area (Å²) >= 11 is 0.877. The van der Waals surface area contributed by atoms with Gasteiger partial charge in [0.05, 0.1) is 6.20 Å². The van der Waals surface area contributed by atoms with E-state index in [4.69, 9.17) is 0 Å². The van der Waals surface area contributed by atoms with Gasteiger partial charge in [0.1, 0.15) is 11.6 Å². The zero-order chi connectivity index (χ0) is 21.6. The summed E-state index contributed by atoms with van der Waals surface area (Å²) in [5, 5.41) is 16.8. The van der Waals surface area contributed by atoms with Gasteiger partial charge in [-0.05, 0) is 30.7 Å². The normalized spacial score (nSPS) is 11.1. The maximum atomic E-state index is 12.3. The fourth-order valence-corrected chi connectivity index (χ4v) is 4.36. The predicted molar refractivity (Wildman–Crippen MR) is 114 cm³/mol. The van der Waals surface area contributed by atoms with E-state index < -0.39 is 10.0 Å². The molecule has 1 amide bonds.